The Hall–Kier alpha value is -2.34. The van der Waals surface area contributed by atoms with Crippen LogP contribution in [0.2, 0.25) is 0 Å². The number of aryl methyl sites for hydroxylation is 1. The van der Waals surface area contributed by atoms with Gasteiger partial charge in [-0.05, 0) is 79.0 Å². The number of ether oxygens (including phenoxy) is 1. The van der Waals surface area contributed by atoms with E-state index in [-0.39, 0.29) is 11.6 Å². The third-order valence-electron chi connectivity index (χ3n) is 5.87. The monoisotopic (exact) mass is 412 g/mol. The van der Waals surface area contributed by atoms with Crippen LogP contribution < -0.4 is 10.1 Å². The number of nitrogens with one attached hydrogen (secondary N) is 1. The van der Waals surface area contributed by atoms with Crippen molar-refractivity contribution in [3.8, 4) is 5.88 Å². The van der Waals surface area contributed by atoms with Crippen molar-refractivity contribution in [1.82, 2.24) is 20.0 Å². The number of benzene rings is 1. The van der Waals surface area contributed by atoms with Crippen LogP contribution in [0.4, 0.5) is 4.79 Å². The van der Waals surface area contributed by atoms with Crippen molar-refractivity contribution in [2.75, 3.05) is 14.1 Å². The van der Waals surface area contributed by atoms with E-state index in [0.29, 0.717) is 17.8 Å². The molecule has 30 heavy (non-hydrogen) atoms. The molecule has 1 aliphatic rings. The second-order valence-corrected chi connectivity index (χ2v) is 9.67. The summed E-state index contributed by atoms with van der Waals surface area (Å²) in [5, 5.41) is 7.53. The lowest BCUT2D eigenvalue weighted by Crippen LogP contribution is -2.41. The molecule has 164 valence electrons. The Morgan fingerprint density at radius 3 is 2.37 bits per heavy atom. The molecule has 3 rings (SSSR count). The molecule has 1 amide bonds. The van der Waals surface area contributed by atoms with Crippen molar-refractivity contribution < 1.29 is 9.53 Å². The minimum atomic E-state index is -0.393. The Morgan fingerprint density at radius 2 is 1.80 bits per heavy atom. The van der Waals surface area contributed by atoms with Gasteiger partial charge in [-0.3, -0.25) is 0 Å². The average molecular weight is 413 g/mol. The second-order valence-electron chi connectivity index (χ2n) is 9.67. The maximum atomic E-state index is 12.5. The Balaban J connectivity index is 1.56. The van der Waals surface area contributed by atoms with Crippen molar-refractivity contribution in [2.24, 2.45) is 5.92 Å². The van der Waals surface area contributed by atoms with Gasteiger partial charge in [0, 0.05) is 18.2 Å². The first kappa shape index (κ1) is 22.3. The van der Waals surface area contributed by atoms with Crippen molar-refractivity contribution in [2.45, 2.75) is 71.0 Å². The van der Waals surface area contributed by atoms with Gasteiger partial charge in [-0.25, -0.2) is 9.48 Å². The Bertz CT molecular complexity index is 831. The predicted octanol–water partition coefficient (Wildman–Crippen LogP) is 4.90. The summed E-state index contributed by atoms with van der Waals surface area (Å²) in [6.07, 6.45) is 3.71. The van der Waals surface area contributed by atoms with Gasteiger partial charge in [0.25, 0.3) is 0 Å². The predicted molar refractivity (Wildman–Crippen MR) is 120 cm³/mol. The summed E-state index contributed by atoms with van der Waals surface area (Å²) < 4.78 is 7.38. The van der Waals surface area contributed by atoms with Crippen molar-refractivity contribution in [1.29, 1.82) is 0 Å². The fraction of sp³-hybridized carbons (Fsp3) is 0.583. The van der Waals surface area contributed by atoms with E-state index in [2.05, 4.69) is 59.7 Å². The molecule has 0 bridgehead atoms. The smallest absolute Gasteiger partial charge is 0.392 e. The molecule has 0 saturated heterocycles. The van der Waals surface area contributed by atoms with E-state index in [0.717, 1.165) is 31.4 Å². The SMILES string of the molecule is Cc1cc(OC(=O)NC2CCC(C(c3ccccc3)N(C)C)CC2)n(C(C)(C)C)n1. The van der Waals surface area contributed by atoms with Gasteiger partial charge >= 0.3 is 6.09 Å². The molecule has 1 unspecified atom stereocenters. The lowest BCUT2D eigenvalue weighted by atomic mass is 9.79. The first-order valence-electron chi connectivity index (χ1n) is 10.9. The highest BCUT2D eigenvalue weighted by molar-refractivity contribution is 5.70. The fourth-order valence-electron chi connectivity index (χ4n) is 4.54. The van der Waals surface area contributed by atoms with Crippen molar-refractivity contribution in [3.63, 3.8) is 0 Å². The highest BCUT2D eigenvalue weighted by Gasteiger charge is 2.31. The van der Waals surface area contributed by atoms with Crippen molar-refractivity contribution >= 4 is 6.09 Å². The average Bonchev–Trinajstić information content (AvgIpc) is 3.04. The molecule has 1 N–H and O–H groups in total. The number of hydrogen-bond donors (Lipinski definition) is 1. The van der Waals surface area contributed by atoms with Crippen LogP contribution >= 0.6 is 0 Å². The first-order valence-corrected chi connectivity index (χ1v) is 10.9. The number of rotatable bonds is 5. The standard InChI is InChI=1S/C24H36N4O2/c1-17-16-21(28(26-17)24(2,3)4)30-23(29)25-20-14-12-19(13-15-20)22(27(5)6)18-10-8-7-9-11-18/h7-11,16,19-20,22H,12-15H2,1-6H3,(H,25,29). The number of carbonyl (C=O) groups is 1. The second kappa shape index (κ2) is 9.21. The summed E-state index contributed by atoms with van der Waals surface area (Å²) in [6, 6.07) is 13.1. The van der Waals surface area contributed by atoms with E-state index < -0.39 is 6.09 Å². The quantitative estimate of drug-likeness (QED) is 0.759. The van der Waals surface area contributed by atoms with Gasteiger partial charge in [-0.15, -0.1) is 0 Å². The van der Waals surface area contributed by atoms with Crippen LogP contribution in [-0.2, 0) is 5.54 Å². The zero-order chi connectivity index (χ0) is 21.9. The molecule has 0 radical (unpaired) electrons. The molecule has 6 heteroatoms. The van der Waals surface area contributed by atoms with E-state index in [1.807, 2.05) is 33.8 Å². The van der Waals surface area contributed by atoms with E-state index in [1.54, 1.807) is 4.68 Å². The molecule has 1 aromatic carbocycles. The molecule has 1 heterocycles. The zero-order valence-electron chi connectivity index (χ0n) is 19.2. The number of aromatic nitrogens is 2. The van der Waals surface area contributed by atoms with Gasteiger partial charge in [0.05, 0.1) is 11.2 Å². The van der Waals surface area contributed by atoms with Crippen molar-refractivity contribution in [3.05, 3.63) is 47.7 Å². The van der Waals surface area contributed by atoms with Crippen LogP contribution in [0, 0.1) is 12.8 Å². The number of nitrogens with zero attached hydrogens (tertiary/aromatic N) is 3. The summed E-state index contributed by atoms with van der Waals surface area (Å²) in [7, 11) is 4.31. The largest absolute Gasteiger partial charge is 0.414 e. The summed E-state index contributed by atoms with van der Waals surface area (Å²) in [4.78, 5) is 14.8. The van der Waals surface area contributed by atoms with E-state index >= 15 is 0 Å². The van der Waals surface area contributed by atoms with Crippen LogP contribution in [0.25, 0.3) is 0 Å². The maximum absolute atomic E-state index is 12.5. The van der Waals surface area contributed by atoms with Gasteiger partial charge in [-0.2, -0.15) is 5.10 Å². The highest BCUT2D eigenvalue weighted by Crippen LogP contribution is 2.37. The lowest BCUT2D eigenvalue weighted by Gasteiger charge is -2.37. The van der Waals surface area contributed by atoms with Gasteiger partial charge in [0.1, 0.15) is 0 Å². The number of carbonyl (C=O) groups excluding carboxylic acids is 1. The van der Waals surface area contributed by atoms with Crippen LogP contribution in [0.15, 0.2) is 36.4 Å². The molecular formula is C24H36N4O2. The van der Waals surface area contributed by atoms with Gasteiger partial charge in [0.2, 0.25) is 5.88 Å². The molecule has 2 aromatic rings. The minimum Gasteiger partial charge on any atom is -0.392 e. The van der Waals surface area contributed by atoms with Gasteiger partial charge in [0.15, 0.2) is 0 Å². The Kier molecular flexibility index (Phi) is 6.86. The first-order chi connectivity index (χ1) is 14.1. The molecule has 1 saturated carbocycles. The van der Waals surface area contributed by atoms with Gasteiger partial charge in [-0.1, -0.05) is 30.3 Å². The highest BCUT2D eigenvalue weighted by atomic mass is 16.6. The lowest BCUT2D eigenvalue weighted by molar-refractivity contribution is 0.149. The summed E-state index contributed by atoms with van der Waals surface area (Å²) in [5.41, 5.74) is 1.95. The van der Waals surface area contributed by atoms with Gasteiger partial charge < -0.3 is 15.0 Å². The molecule has 1 atom stereocenters. The minimum absolute atomic E-state index is 0.152. The third-order valence-corrected chi connectivity index (χ3v) is 5.87. The fourth-order valence-corrected chi connectivity index (χ4v) is 4.54. The normalized spacial score (nSPS) is 20.8. The third kappa shape index (κ3) is 5.42. The molecular weight excluding hydrogens is 376 g/mol. The zero-order valence-corrected chi connectivity index (χ0v) is 19.2. The summed E-state index contributed by atoms with van der Waals surface area (Å²) in [6.45, 7) is 8.03. The van der Waals surface area contributed by atoms with Crippen LogP contribution in [0.3, 0.4) is 0 Å². The number of amides is 1. The van der Waals surface area contributed by atoms with E-state index in [9.17, 15) is 4.79 Å². The Morgan fingerprint density at radius 1 is 1.17 bits per heavy atom. The molecule has 0 spiro atoms. The molecule has 0 aliphatic heterocycles. The Labute approximate surface area is 180 Å². The van der Waals surface area contributed by atoms with Crippen LogP contribution in [-0.4, -0.2) is 40.9 Å². The van der Waals surface area contributed by atoms with Crippen LogP contribution in [0.5, 0.6) is 5.88 Å². The maximum Gasteiger partial charge on any atom is 0.414 e. The van der Waals surface area contributed by atoms with E-state index in [4.69, 9.17) is 4.74 Å². The molecule has 1 fully saturated rings. The summed E-state index contributed by atoms with van der Waals surface area (Å²) >= 11 is 0. The molecule has 1 aromatic heterocycles. The molecule has 6 nitrogen and oxygen atoms in total. The summed E-state index contributed by atoms with van der Waals surface area (Å²) in [5.74, 6) is 1.07. The molecule has 1 aliphatic carbocycles. The number of hydrogen-bond acceptors (Lipinski definition) is 4. The topological polar surface area (TPSA) is 59.4 Å². The van der Waals surface area contributed by atoms with Crippen LogP contribution in [0.1, 0.15) is 63.8 Å². The van der Waals surface area contributed by atoms with E-state index in [1.165, 1.54) is 5.56 Å².